The average Bonchev–Trinajstić information content (AvgIpc) is 2.86. The second-order valence-electron chi connectivity index (χ2n) is 4.24. The zero-order valence-electron chi connectivity index (χ0n) is 11.9. The van der Waals surface area contributed by atoms with Gasteiger partial charge in [0.1, 0.15) is 6.61 Å². The van der Waals surface area contributed by atoms with Crippen LogP contribution in [0.5, 0.6) is 5.88 Å². The van der Waals surface area contributed by atoms with E-state index in [1.807, 2.05) is 12.1 Å². The Morgan fingerprint density at radius 1 is 1.52 bits per heavy atom. The van der Waals surface area contributed by atoms with Crippen molar-refractivity contribution in [3.8, 4) is 5.88 Å². The number of ether oxygens (including phenoxy) is 2. The number of pyridine rings is 1. The monoisotopic (exact) mass is 288 g/mol. The third kappa shape index (κ3) is 3.25. The Morgan fingerprint density at radius 2 is 2.33 bits per heavy atom. The summed E-state index contributed by atoms with van der Waals surface area (Å²) in [6.45, 7) is 5.79. The first-order valence-corrected chi connectivity index (χ1v) is 6.33. The Kier molecular flexibility index (Phi) is 4.65. The molecule has 110 valence electrons. The van der Waals surface area contributed by atoms with Gasteiger partial charge in [0.05, 0.1) is 19.3 Å². The van der Waals surface area contributed by atoms with Crippen LogP contribution >= 0.6 is 0 Å². The number of nitrogens with zero attached hydrogens (tertiary/aromatic N) is 4. The van der Waals surface area contributed by atoms with Crippen LogP contribution < -0.4 is 4.74 Å². The van der Waals surface area contributed by atoms with Gasteiger partial charge in [0.15, 0.2) is 5.69 Å². The third-order valence-corrected chi connectivity index (χ3v) is 2.87. The Labute approximate surface area is 122 Å². The number of methoxy groups -OCH3 is 1. The molecule has 0 aliphatic heterocycles. The summed E-state index contributed by atoms with van der Waals surface area (Å²) in [6.07, 6.45) is 3.15. The molecule has 2 aromatic heterocycles. The molecule has 0 aliphatic carbocycles. The third-order valence-electron chi connectivity index (χ3n) is 2.87. The molecule has 0 unspecified atom stereocenters. The molecule has 0 fully saturated rings. The van der Waals surface area contributed by atoms with Gasteiger partial charge in [0.25, 0.3) is 0 Å². The van der Waals surface area contributed by atoms with Crippen LogP contribution in [0.1, 0.15) is 21.7 Å². The van der Waals surface area contributed by atoms with E-state index in [9.17, 15) is 4.79 Å². The van der Waals surface area contributed by atoms with Gasteiger partial charge >= 0.3 is 5.97 Å². The molecule has 7 heteroatoms. The molecule has 0 aliphatic rings. The van der Waals surface area contributed by atoms with Crippen LogP contribution in [0.25, 0.3) is 0 Å². The highest BCUT2D eigenvalue weighted by Gasteiger charge is 2.18. The van der Waals surface area contributed by atoms with Crippen molar-refractivity contribution in [2.75, 3.05) is 13.7 Å². The summed E-state index contributed by atoms with van der Waals surface area (Å²) >= 11 is 0. The smallest absolute Gasteiger partial charge is 0.361 e. The molecule has 0 saturated carbocycles. The van der Waals surface area contributed by atoms with E-state index in [0.29, 0.717) is 18.1 Å². The van der Waals surface area contributed by atoms with E-state index in [2.05, 4.69) is 21.9 Å². The number of carbonyl (C=O) groups is 1. The predicted molar refractivity (Wildman–Crippen MR) is 75.1 cm³/mol. The highest BCUT2D eigenvalue weighted by atomic mass is 16.5. The fourth-order valence-corrected chi connectivity index (χ4v) is 1.79. The van der Waals surface area contributed by atoms with Gasteiger partial charge in [-0.2, -0.15) is 0 Å². The van der Waals surface area contributed by atoms with E-state index in [1.54, 1.807) is 24.9 Å². The number of rotatable bonds is 6. The molecule has 0 bridgehead atoms. The van der Waals surface area contributed by atoms with Crippen molar-refractivity contribution in [3.63, 3.8) is 0 Å². The second-order valence-corrected chi connectivity index (χ2v) is 4.24. The van der Waals surface area contributed by atoms with E-state index in [0.717, 1.165) is 5.56 Å². The molecule has 21 heavy (non-hydrogen) atoms. The maximum atomic E-state index is 11.8. The average molecular weight is 288 g/mol. The molecule has 0 amide bonds. The molecule has 0 saturated heterocycles. The van der Waals surface area contributed by atoms with Crippen molar-refractivity contribution in [3.05, 3.63) is 47.9 Å². The van der Waals surface area contributed by atoms with Crippen molar-refractivity contribution in [2.45, 2.75) is 13.5 Å². The molecular formula is C14H16N4O3. The zero-order chi connectivity index (χ0) is 15.2. The number of esters is 1. The molecule has 0 N–H and O–H groups in total. The fraction of sp³-hybridized carbons (Fsp3) is 0.286. The van der Waals surface area contributed by atoms with Gasteiger partial charge in [0.2, 0.25) is 5.88 Å². The van der Waals surface area contributed by atoms with Crippen LogP contribution in [0.15, 0.2) is 31.0 Å². The molecule has 0 radical (unpaired) electrons. The van der Waals surface area contributed by atoms with E-state index in [-0.39, 0.29) is 12.3 Å². The first-order chi connectivity index (χ1) is 10.2. The molecular weight excluding hydrogens is 272 g/mol. The summed E-state index contributed by atoms with van der Waals surface area (Å²) in [5, 5.41) is 7.84. The van der Waals surface area contributed by atoms with Crippen LogP contribution in [0, 0.1) is 6.92 Å². The molecule has 0 spiro atoms. The summed E-state index contributed by atoms with van der Waals surface area (Å²) in [4.78, 5) is 15.9. The summed E-state index contributed by atoms with van der Waals surface area (Å²) in [5.41, 5.74) is 1.66. The topological polar surface area (TPSA) is 79.1 Å². The van der Waals surface area contributed by atoms with Gasteiger partial charge in [-0.3, -0.25) is 0 Å². The Balaban J connectivity index is 2.20. The van der Waals surface area contributed by atoms with Crippen molar-refractivity contribution >= 4 is 5.97 Å². The van der Waals surface area contributed by atoms with Crippen molar-refractivity contribution in [1.82, 2.24) is 20.0 Å². The Bertz CT molecular complexity index is 651. The van der Waals surface area contributed by atoms with Crippen LogP contribution in [0.3, 0.4) is 0 Å². The van der Waals surface area contributed by atoms with Crippen LogP contribution in [0.4, 0.5) is 0 Å². The van der Waals surface area contributed by atoms with Crippen molar-refractivity contribution < 1.29 is 14.3 Å². The maximum absolute atomic E-state index is 11.8. The first kappa shape index (κ1) is 14.7. The van der Waals surface area contributed by atoms with Gasteiger partial charge in [-0.05, 0) is 13.0 Å². The first-order valence-electron chi connectivity index (χ1n) is 6.33. The minimum absolute atomic E-state index is 0.140. The number of hydrogen-bond acceptors (Lipinski definition) is 6. The summed E-state index contributed by atoms with van der Waals surface area (Å²) in [7, 11) is 1.55. The van der Waals surface area contributed by atoms with Crippen LogP contribution in [-0.4, -0.2) is 39.7 Å². The van der Waals surface area contributed by atoms with Crippen molar-refractivity contribution in [1.29, 1.82) is 0 Å². The molecule has 7 nitrogen and oxygen atoms in total. The molecule has 2 heterocycles. The molecule has 2 aromatic rings. The second kappa shape index (κ2) is 6.65. The van der Waals surface area contributed by atoms with Crippen LogP contribution in [0.2, 0.25) is 0 Å². The predicted octanol–water partition coefficient (Wildman–Crippen LogP) is 1.38. The van der Waals surface area contributed by atoms with Crippen LogP contribution in [-0.2, 0) is 11.3 Å². The Morgan fingerprint density at radius 3 is 3.05 bits per heavy atom. The standard InChI is InChI=1S/C14H16N4O3/c1-4-8-21-14(19)12-10(2)18(17-16-12)9-11-6-5-7-15-13(11)20-3/h4-7H,1,8-9H2,2-3H3. The quantitative estimate of drug-likeness (QED) is 0.590. The van der Waals surface area contributed by atoms with E-state index in [4.69, 9.17) is 9.47 Å². The lowest BCUT2D eigenvalue weighted by Crippen LogP contribution is -2.09. The molecule has 0 atom stereocenters. The van der Waals surface area contributed by atoms with Gasteiger partial charge in [-0.15, -0.1) is 5.10 Å². The summed E-state index contributed by atoms with van der Waals surface area (Å²) in [5.74, 6) is -0.0000134. The molecule has 0 aromatic carbocycles. The van der Waals surface area contributed by atoms with E-state index < -0.39 is 5.97 Å². The highest BCUT2D eigenvalue weighted by Crippen LogP contribution is 2.16. The highest BCUT2D eigenvalue weighted by molar-refractivity contribution is 5.88. The normalized spacial score (nSPS) is 10.2. The van der Waals surface area contributed by atoms with E-state index >= 15 is 0 Å². The summed E-state index contributed by atoms with van der Waals surface area (Å²) < 4.78 is 11.7. The lowest BCUT2D eigenvalue weighted by Gasteiger charge is -2.07. The fourth-order valence-electron chi connectivity index (χ4n) is 1.79. The Hall–Kier alpha value is -2.70. The number of carbonyl (C=O) groups excluding carboxylic acids is 1. The summed E-state index contributed by atoms with van der Waals surface area (Å²) in [6, 6.07) is 3.69. The van der Waals surface area contributed by atoms with Gasteiger partial charge in [-0.25, -0.2) is 14.5 Å². The SMILES string of the molecule is C=CCOC(=O)c1nnn(Cc2cccnc2OC)c1C. The van der Waals surface area contributed by atoms with Crippen molar-refractivity contribution in [2.24, 2.45) is 0 Å². The van der Waals surface area contributed by atoms with E-state index in [1.165, 1.54) is 6.08 Å². The maximum Gasteiger partial charge on any atom is 0.361 e. The minimum Gasteiger partial charge on any atom is -0.481 e. The largest absolute Gasteiger partial charge is 0.481 e. The number of aromatic nitrogens is 4. The van der Waals surface area contributed by atoms with Gasteiger partial charge < -0.3 is 9.47 Å². The lowest BCUT2D eigenvalue weighted by molar-refractivity contribution is 0.0542. The van der Waals surface area contributed by atoms with Gasteiger partial charge in [0, 0.05) is 11.8 Å². The lowest BCUT2D eigenvalue weighted by atomic mass is 10.2. The number of hydrogen-bond donors (Lipinski definition) is 0. The minimum atomic E-state index is -0.517. The van der Waals surface area contributed by atoms with Gasteiger partial charge in [-0.1, -0.05) is 23.9 Å². The zero-order valence-corrected chi connectivity index (χ0v) is 11.9. The molecule has 2 rings (SSSR count).